The molecular weight excluding hydrogens is 478 g/mol. The molecule has 3 aliphatic rings. The molecule has 0 atom stereocenters. The van der Waals surface area contributed by atoms with Gasteiger partial charge >= 0.3 is 6.03 Å². The first-order valence-electron chi connectivity index (χ1n) is 13.1. The van der Waals surface area contributed by atoms with Crippen LogP contribution in [0.1, 0.15) is 50.5 Å². The Bertz CT molecular complexity index is 1030. The Hall–Kier alpha value is -2.17. The first-order valence-corrected chi connectivity index (χ1v) is 14.9. The quantitative estimate of drug-likeness (QED) is 0.460. The third-order valence-electron chi connectivity index (χ3n) is 8.55. The van der Waals surface area contributed by atoms with Gasteiger partial charge in [0.2, 0.25) is 15.9 Å². The van der Waals surface area contributed by atoms with Gasteiger partial charge in [-0.15, -0.1) is 0 Å². The number of hydrogen-bond acceptors (Lipinski definition) is 5. The molecule has 1 aromatic rings. The van der Waals surface area contributed by atoms with E-state index in [1.54, 1.807) is 4.90 Å². The van der Waals surface area contributed by atoms with E-state index in [4.69, 9.17) is 0 Å². The average molecular weight is 520 g/mol. The smallest absolute Gasteiger partial charge is 0.321 e. The molecule has 2 aliphatic carbocycles. The molecule has 0 radical (unpaired) electrons. The SMILES string of the molecule is CN(C)[C@]1(c2ccccc2)CC[C@]2(CC1)CN(CC(=O)NCCNS(C)(=O)=O)C(=O)N2CC1CCC1. The van der Waals surface area contributed by atoms with E-state index < -0.39 is 10.0 Å². The van der Waals surface area contributed by atoms with Crippen LogP contribution >= 0.6 is 0 Å². The Morgan fingerprint density at radius 1 is 1.08 bits per heavy atom. The van der Waals surface area contributed by atoms with Crippen LogP contribution in [0.15, 0.2) is 30.3 Å². The summed E-state index contributed by atoms with van der Waals surface area (Å²) in [5.41, 5.74) is 1.01. The number of nitrogens with zero attached hydrogens (tertiary/aromatic N) is 3. The minimum absolute atomic E-state index is 0.00185. The first kappa shape index (κ1) is 26.9. The molecule has 1 spiro atoms. The van der Waals surface area contributed by atoms with Crippen molar-refractivity contribution in [3.8, 4) is 0 Å². The molecule has 10 heteroatoms. The fourth-order valence-electron chi connectivity index (χ4n) is 6.18. The summed E-state index contributed by atoms with van der Waals surface area (Å²) in [6.45, 7) is 1.65. The predicted octanol–water partition coefficient (Wildman–Crippen LogP) is 1.96. The predicted molar refractivity (Wildman–Crippen MR) is 140 cm³/mol. The van der Waals surface area contributed by atoms with Crippen molar-refractivity contribution in [1.82, 2.24) is 24.7 Å². The lowest BCUT2D eigenvalue weighted by Gasteiger charge is -2.51. The van der Waals surface area contributed by atoms with Crippen LogP contribution in [0.5, 0.6) is 0 Å². The van der Waals surface area contributed by atoms with Crippen LogP contribution in [0.25, 0.3) is 0 Å². The lowest BCUT2D eigenvalue weighted by molar-refractivity contribution is -0.121. The molecule has 1 aromatic carbocycles. The maximum Gasteiger partial charge on any atom is 0.321 e. The molecule has 1 aliphatic heterocycles. The maximum atomic E-state index is 13.6. The number of urea groups is 1. The molecular formula is C26H41N5O4S. The second-order valence-corrected chi connectivity index (χ2v) is 12.9. The Balaban J connectivity index is 1.45. The summed E-state index contributed by atoms with van der Waals surface area (Å²) in [5, 5.41) is 2.74. The molecule has 9 nitrogen and oxygen atoms in total. The summed E-state index contributed by atoms with van der Waals surface area (Å²) < 4.78 is 24.8. The van der Waals surface area contributed by atoms with Crippen LogP contribution in [0.2, 0.25) is 0 Å². The second-order valence-electron chi connectivity index (χ2n) is 11.1. The Labute approximate surface area is 215 Å². The van der Waals surface area contributed by atoms with Crippen LogP contribution in [0.4, 0.5) is 4.79 Å². The van der Waals surface area contributed by atoms with Crippen molar-refractivity contribution >= 4 is 22.0 Å². The molecule has 36 heavy (non-hydrogen) atoms. The van der Waals surface area contributed by atoms with Crippen LogP contribution in [-0.2, 0) is 20.4 Å². The van der Waals surface area contributed by atoms with Crippen LogP contribution < -0.4 is 10.0 Å². The van der Waals surface area contributed by atoms with Crippen molar-refractivity contribution in [3.05, 3.63) is 35.9 Å². The van der Waals surface area contributed by atoms with Crippen molar-refractivity contribution in [2.75, 3.05) is 53.1 Å². The third kappa shape index (κ3) is 5.70. The molecule has 2 saturated carbocycles. The highest BCUT2D eigenvalue weighted by molar-refractivity contribution is 7.88. The van der Waals surface area contributed by atoms with E-state index >= 15 is 0 Å². The number of amides is 3. The van der Waals surface area contributed by atoms with Gasteiger partial charge in [-0.1, -0.05) is 36.8 Å². The Morgan fingerprint density at radius 2 is 1.75 bits per heavy atom. The first-order chi connectivity index (χ1) is 17.0. The molecule has 3 amide bonds. The van der Waals surface area contributed by atoms with Crippen molar-refractivity contribution in [1.29, 1.82) is 0 Å². The highest BCUT2D eigenvalue weighted by atomic mass is 32.2. The zero-order chi connectivity index (χ0) is 26.0. The van der Waals surface area contributed by atoms with Crippen LogP contribution in [0, 0.1) is 5.92 Å². The standard InChI is InChI=1S/C26H41N5O4S/c1-29(2)26(22-10-5-4-6-11-22)14-12-25(13-15-26)20-30(24(33)31(25)18-21-8-7-9-21)19-23(32)27-16-17-28-36(3,34)35/h4-6,10-11,21,28H,7-9,12-20H2,1-3H3,(H,27,32)/t25-,26+. The van der Waals surface area contributed by atoms with Gasteiger partial charge in [-0.3, -0.25) is 9.69 Å². The average Bonchev–Trinajstić information content (AvgIpc) is 3.04. The zero-order valence-corrected chi connectivity index (χ0v) is 22.6. The number of carbonyl (C=O) groups excluding carboxylic acids is 2. The summed E-state index contributed by atoms with van der Waals surface area (Å²) in [5.74, 6) is 0.290. The summed E-state index contributed by atoms with van der Waals surface area (Å²) >= 11 is 0. The van der Waals surface area contributed by atoms with Gasteiger partial charge < -0.3 is 15.1 Å². The topological polar surface area (TPSA) is 102 Å². The van der Waals surface area contributed by atoms with Crippen molar-refractivity contribution in [2.24, 2.45) is 5.92 Å². The van der Waals surface area contributed by atoms with Gasteiger partial charge in [0.25, 0.3) is 0 Å². The van der Waals surface area contributed by atoms with E-state index in [1.807, 2.05) is 6.07 Å². The number of nitrogens with one attached hydrogen (secondary N) is 2. The van der Waals surface area contributed by atoms with Gasteiger partial charge in [-0.05, 0) is 64.1 Å². The second kappa shape index (κ2) is 10.7. The van der Waals surface area contributed by atoms with E-state index in [0.717, 1.165) is 38.5 Å². The van der Waals surface area contributed by atoms with E-state index in [9.17, 15) is 18.0 Å². The molecule has 0 aromatic heterocycles. The summed E-state index contributed by atoms with van der Waals surface area (Å²) in [6.07, 6.45) is 8.35. The molecule has 4 rings (SSSR count). The molecule has 0 bridgehead atoms. The van der Waals surface area contributed by atoms with Gasteiger partial charge in [0.15, 0.2) is 0 Å². The molecule has 3 fully saturated rings. The monoisotopic (exact) mass is 519 g/mol. The zero-order valence-electron chi connectivity index (χ0n) is 21.8. The van der Waals surface area contributed by atoms with Crippen LogP contribution in [0.3, 0.4) is 0 Å². The highest BCUT2D eigenvalue weighted by Gasteiger charge is 2.55. The fraction of sp³-hybridized carbons (Fsp3) is 0.692. The molecule has 2 N–H and O–H groups in total. The van der Waals surface area contributed by atoms with Crippen molar-refractivity contribution in [3.63, 3.8) is 0 Å². The maximum absolute atomic E-state index is 13.6. The van der Waals surface area contributed by atoms with E-state index in [0.29, 0.717) is 12.5 Å². The summed E-state index contributed by atoms with van der Waals surface area (Å²) in [7, 11) is 0.990. The molecule has 200 valence electrons. The molecule has 1 saturated heterocycles. The number of carbonyl (C=O) groups is 2. The summed E-state index contributed by atoms with van der Waals surface area (Å²) in [6, 6.07) is 10.6. The van der Waals surface area contributed by atoms with Gasteiger partial charge in [0.1, 0.15) is 6.54 Å². The highest BCUT2D eigenvalue weighted by Crippen LogP contribution is 2.49. The van der Waals surface area contributed by atoms with Gasteiger partial charge in [0.05, 0.1) is 11.8 Å². The van der Waals surface area contributed by atoms with E-state index in [-0.39, 0.29) is 42.7 Å². The van der Waals surface area contributed by atoms with Crippen molar-refractivity contribution in [2.45, 2.75) is 56.0 Å². The number of benzene rings is 1. The van der Waals surface area contributed by atoms with Gasteiger partial charge in [0, 0.05) is 31.7 Å². The summed E-state index contributed by atoms with van der Waals surface area (Å²) in [4.78, 5) is 32.3. The van der Waals surface area contributed by atoms with Gasteiger partial charge in [-0.25, -0.2) is 17.9 Å². The Morgan fingerprint density at radius 3 is 2.31 bits per heavy atom. The lowest BCUT2D eigenvalue weighted by atomic mass is 9.68. The lowest BCUT2D eigenvalue weighted by Crippen LogP contribution is -2.56. The van der Waals surface area contributed by atoms with E-state index in [1.165, 1.54) is 24.8 Å². The van der Waals surface area contributed by atoms with E-state index in [2.05, 4.69) is 58.2 Å². The number of sulfonamides is 1. The normalized spacial score (nSPS) is 27.1. The van der Waals surface area contributed by atoms with Crippen molar-refractivity contribution < 1.29 is 18.0 Å². The van der Waals surface area contributed by atoms with Gasteiger partial charge in [-0.2, -0.15) is 0 Å². The van der Waals surface area contributed by atoms with Crippen LogP contribution in [-0.4, -0.2) is 93.7 Å². The molecule has 0 unspecified atom stereocenters. The minimum Gasteiger partial charge on any atom is -0.353 e. The number of hydrogen-bond donors (Lipinski definition) is 2. The largest absolute Gasteiger partial charge is 0.353 e. The Kier molecular flexibility index (Phi) is 7.97. The fourth-order valence-corrected chi connectivity index (χ4v) is 6.65. The third-order valence-corrected chi connectivity index (χ3v) is 9.27. The minimum atomic E-state index is -3.30. The number of rotatable bonds is 10. The molecule has 1 heterocycles.